The van der Waals surface area contributed by atoms with Gasteiger partial charge in [0.2, 0.25) is 5.95 Å². The number of benzene rings is 2. The maximum absolute atomic E-state index is 13.1. The normalized spacial score (nSPS) is 18.0. The highest BCUT2D eigenvalue weighted by Crippen LogP contribution is 2.36. The molecule has 0 bridgehead atoms. The van der Waals surface area contributed by atoms with Crippen molar-refractivity contribution in [1.82, 2.24) is 30.0 Å². The fourth-order valence-corrected chi connectivity index (χ4v) is 6.21. The van der Waals surface area contributed by atoms with Gasteiger partial charge in [-0.15, -0.1) is 0 Å². The molecule has 2 aromatic heterocycles. The molecule has 2 N–H and O–H groups in total. The van der Waals surface area contributed by atoms with Gasteiger partial charge in [0, 0.05) is 54.9 Å². The van der Waals surface area contributed by atoms with Gasteiger partial charge in [-0.05, 0) is 55.0 Å². The molecule has 9 nitrogen and oxygen atoms in total. The van der Waals surface area contributed by atoms with E-state index in [1.165, 1.54) is 18.4 Å². The van der Waals surface area contributed by atoms with Crippen LogP contribution in [0.5, 0.6) is 0 Å². The number of anilines is 2. The molecule has 0 radical (unpaired) electrons. The molecule has 2 aromatic carbocycles. The zero-order chi connectivity index (χ0) is 28.7. The van der Waals surface area contributed by atoms with Gasteiger partial charge in [0.05, 0.1) is 30.4 Å². The van der Waals surface area contributed by atoms with Crippen molar-refractivity contribution in [3.63, 3.8) is 0 Å². The van der Waals surface area contributed by atoms with E-state index in [1.54, 1.807) is 12.4 Å². The first kappa shape index (κ1) is 27.6. The smallest absolute Gasteiger partial charge is 0.251 e. The first-order valence-electron chi connectivity index (χ1n) is 14.8. The van der Waals surface area contributed by atoms with Crippen LogP contribution in [-0.4, -0.2) is 49.7 Å². The van der Waals surface area contributed by atoms with E-state index < -0.39 is 0 Å². The molecule has 2 fully saturated rings. The molecule has 6 rings (SSSR count). The summed E-state index contributed by atoms with van der Waals surface area (Å²) in [5.74, 6) is 0.849. The summed E-state index contributed by atoms with van der Waals surface area (Å²) < 4.78 is 1.94. The molecule has 4 aromatic rings. The molecule has 1 saturated heterocycles. The van der Waals surface area contributed by atoms with Gasteiger partial charge in [0.15, 0.2) is 0 Å². The van der Waals surface area contributed by atoms with E-state index >= 15 is 0 Å². The van der Waals surface area contributed by atoms with Gasteiger partial charge in [-0.3, -0.25) is 14.4 Å². The summed E-state index contributed by atoms with van der Waals surface area (Å²) in [6.07, 6.45) is 11.6. The van der Waals surface area contributed by atoms with Crippen LogP contribution in [0.15, 0.2) is 79.3 Å². The second-order valence-corrected chi connectivity index (χ2v) is 11.3. The number of nitrogens with one attached hydrogen (secondary N) is 2. The van der Waals surface area contributed by atoms with E-state index in [-0.39, 0.29) is 18.0 Å². The standard InChI is InChI=1S/C33H36N8O/c34-16-13-31(25-9-4-5-10-25)41-22-27(20-36-41)30-14-17-35-33(39-30)38-28-12-6-11-26(19-28)32(42)37-29-15-18-40(23-29)21-24-7-2-1-3-8-24/h1-3,6-8,11-12,14,17,19-20,22,25,29,31H,4-5,9-10,13,15,18,21,23H2,(H,37,42)(H,35,38,39). The number of rotatable bonds is 10. The maximum atomic E-state index is 13.1. The molecule has 3 heterocycles. The molecule has 2 atom stereocenters. The summed E-state index contributed by atoms with van der Waals surface area (Å²) in [4.78, 5) is 24.6. The molecule has 1 aliphatic carbocycles. The minimum atomic E-state index is -0.0820. The number of carbonyl (C=O) groups excluding carboxylic acids is 1. The van der Waals surface area contributed by atoms with Crippen molar-refractivity contribution in [2.75, 3.05) is 18.4 Å². The number of aromatic nitrogens is 4. The zero-order valence-corrected chi connectivity index (χ0v) is 23.7. The summed E-state index contributed by atoms with van der Waals surface area (Å²) in [6, 6.07) is 22.3. The number of likely N-dealkylation sites (tertiary alicyclic amines) is 1. The molecular weight excluding hydrogens is 524 g/mol. The van der Waals surface area contributed by atoms with Crippen LogP contribution in [0.3, 0.4) is 0 Å². The molecule has 0 spiro atoms. The molecule has 2 unspecified atom stereocenters. The Kier molecular flexibility index (Phi) is 8.52. The van der Waals surface area contributed by atoms with Gasteiger partial charge in [-0.2, -0.15) is 10.4 Å². The largest absolute Gasteiger partial charge is 0.348 e. The minimum absolute atomic E-state index is 0.0820. The van der Waals surface area contributed by atoms with Crippen molar-refractivity contribution < 1.29 is 4.79 Å². The van der Waals surface area contributed by atoms with Crippen LogP contribution in [-0.2, 0) is 6.54 Å². The summed E-state index contributed by atoms with van der Waals surface area (Å²) in [5, 5.41) is 20.5. The summed E-state index contributed by atoms with van der Waals surface area (Å²) in [6.45, 7) is 2.70. The number of nitriles is 1. The van der Waals surface area contributed by atoms with Crippen molar-refractivity contribution in [1.29, 1.82) is 5.26 Å². The lowest BCUT2D eigenvalue weighted by Crippen LogP contribution is -2.37. The van der Waals surface area contributed by atoms with Gasteiger partial charge < -0.3 is 10.6 Å². The summed E-state index contributed by atoms with van der Waals surface area (Å²) in [5.41, 5.74) is 4.25. The first-order chi connectivity index (χ1) is 20.6. The van der Waals surface area contributed by atoms with Gasteiger partial charge in [-0.1, -0.05) is 49.2 Å². The van der Waals surface area contributed by atoms with E-state index in [0.29, 0.717) is 23.9 Å². The Balaban J connectivity index is 1.08. The van der Waals surface area contributed by atoms with Crippen molar-refractivity contribution in [3.8, 4) is 17.3 Å². The van der Waals surface area contributed by atoms with Crippen LogP contribution in [0, 0.1) is 17.2 Å². The highest BCUT2D eigenvalue weighted by Gasteiger charge is 2.27. The third-order valence-electron chi connectivity index (χ3n) is 8.37. The van der Waals surface area contributed by atoms with Crippen molar-refractivity contribution in [2.24, 2.45) is 5.92 Å². The van der Waals surface area contributed by atoms with Crippen molar-refractivity contribution in [3.05, 3.63) is 90.4 Å². The third kappa shape index (κ3) is 6.67. The van der Waals surface area contributed by atoms with Crippen LogP contribution < -0.4 is 10.6 Å². The lowest BCUT2D eigenvalue weighted by atomic mass is 9.96. The quantitative estimate of drug-likeness (QED) is 0.255. The van der Waals surface area contributed by atoms with E-state index in [2.05, 4.69) is 56.0 Å². The van der Waals surface area contributed by atoms with Crippen LogP contribution >= 0.6 is 0 Å². The average molecular weight is 561 g/mol. The van der Waals surface area contributed by atoms with E-state index in [4.69, 9.17) is 4.98 Å². The highest BCUT2D eigenvalue weighted by atomic mass is 16.1. The predicted molar refractivity (Wildman–Crippen MR) is 162 cm³/mol. The Labute approximate surface area is 246 Å². The number of nitrogens with zero attached hydrogens (tertiary/aromatic N) is 6. The van der Waals surface area contributed by atoms with Crippen molar-refractivity contribution >= 4 is 17.5 Å². The lowest BCUT2D eigenvalue weighted by Gasteiger charge is -2.21. The van der Waals surface area contributed by atoms with Crippen LogP contribution in [0.2, 0.25) is 0 Å². The maximum Gasteiger partial charge on any atom is 0.251 e. The Hall–Kier alpha value is -4.55. The number of amides is 1. The average Bonchev–Trinajstić information content (AvgIpc) is 3.80. The Morgan fingerprint density at radius 1 is 1.07 bits per heavy atom. The van der Waals surface area contributed by atoms with Gasteiger partial charge in [0.1, 0.15) is 0 Å². The minimum Gasteiger partial charge on any atom is -0.348 e. The van der Waals surface area contributed by atoms with Crippen LogP contribution in [0.1, 0.15) is 60.5 Å². The fourth-order valence-electron chi connectivity index (χ4n) is 6.21. The van der Waals surface area contributed by atoms with Crippen LogP contribution in [0.25, 0.3) is 11.3 Å². The molecular formula is C33H36N8O. The van der Waals surface area contributed by atoms with E-state index in [9.17, 15) is 10.1 Å². The monoisotopic (exact) mass is 560 g/mol. The van der Waals surface area contributed by atoms with Crippen molar-refractivity contribution in [2.45, 2.75) is 57.2 Å². The second kappa shape index (κ2) is 13.0. The number of hydrogen-bond acceptors (Lipinski definition) is 7. The molecule has 9 heteroatoms. The third-order valence-corrected chi connectivity index (χ3v) is 8.37. The van der Waals surface area contributed by atoms with E-state index in [1.807, 2.05) is 47.3 Å². The lowest BCUT2D eigenvalue weighted by molar-refractivity contribution is 0.0937. The Morgan fingerprint density at radius 2 is 1.93 bits per heavy atom. The Bertz CT molecular complexity index is 1540. The molecule has 1 aliphatic heterocycles. The fraction of sp³-hybridized carbons (Fsp3) is 0.364. The molecule has 2 aliphatic rings. The summed E-state index contributed by atoms with van der Waals surface area (Å²) >= 11 is 0. The van der Waals surface area contributed by atoms with Gasteiger partial charge in [-0.25, -0.2) is 9.97 Å². The molecule has 1 amide bonds. The number of hydrogen-bond donors (Lipinski definition) is 2. The highest BCUT2D eigenvalue weighted by molar-refractivity contribution is 5.95. The van der Waals surface area contributed by atoms with Gasteiger partial charge in [0.25, 0.3) is 5.91 Å². The summed E-state index contributed by atoms with van der Waals surface area (Å²) in [7, 11) is 0. The first-order valence-corrected chi connectivity index (χ1v) is 14.8. The van der Waals surface area contributed by atoms with Gasteiger partial charge >= 0.3 is 0 Å². The second-order valence-electron chi connectivity index (χ2n) is 11.3. The van der Waals surface area contributed by atoms with E-state index in [0.717, 1.165) is 55.8 Å². The molecule has 42 heavy (non-hydrogen) atoms. The topological polar surface area (TPSA) is 112 Å². The SMILES string of the molecule is N#CCC(C1CCCC1)n1cc(-c2ccnc(Nc3cccc(C(=O)NC4CCN(Cc5ccccc5)C4)c3)n2)cn1. The predicted octanol–water partition coefficient (Wildman–Crippen LogP) is 5.73. The Morgan fingerprint density at radius 3 is 2.76 bits per heavy atom. The molecule has 1 saturated carbocycles. The molecule has 214 valence electrons. The number of carbonyl (C=O) groups is 1. The van der Waals surface area contributed by atoms with Crippen LogP contribution in [0.4, 0.5) is 11.6 Å². The zero-order valence-electron chi connectivity index (χ0n) is 23.7.